The van der Waals surface area contributed by atoms with E-state index in [1.807, 2.05) is 0 Å². The quantitative estimate of drug-likeness (QED) is 0.352. The van der Waals surface area contributed by atoms with E-state index in [1.165, 1.54) is 0 Å². The molecule has 0 aliphatic carbocycles. The minimum atomic E-state index is -0.802. The molecule has 0 saturated heterocycles. The van der Waals surface area contributed by atoms with Crippen LogP contribution in [0.4, 0.5) is 0 Å². The zero-order valence-electron chi connectivity index (χ0n) is 5.60. The summed E-state index contributed by atoms with van der Waals surface area (Å²) in [5, 5.41) is 0. The van der Waals surface area contributed by atoms with Crippen LogP contribution < -0.4 is 59.0 Å². The molecule has 1 heterocycles. The second-order valence-electron chi connectivity index (χ2n) is 1.36. The van der Waals surface area contributed by atoms with E-state index in [2.05, 4.69) is 0 Å². The predicted octanol–water partition coefficient (Wildman–Crippen LogP) is -8.24. The van der Waals surface area contributed by atoms with Crippen molar-refractivity contribution in [3.05, 3.63) is 31.5 Å². The fraction of sp³-hybridized carbons (Fsp3) is 0. The van der Waals surface area contributed by atoms with E-state index in [9.17, 15) is 14.4 Å². The van der Waals surface area contributed by atoms with Gasteiger partial charge in [-0.1, -0.05) is 0 Å². The molecule has 0 bridgehead atoms. The summed E-state index contributed by atoms with van der Waals surface area (Å²) in [7, 11) is 0. The minimum Gasteiger partial charge on any atom is -1.00 e. The molecule has 0 radical (unpaired) electrons. The third kappa shape index (κ3) is 4.20. The van der Waals surface area contributed by atoms with Gasteiger partial charge in [0.25, 0.3) is 0 Å². The molecule has 56 valence electrons. The molecular formula is C3H3ClN3NaO3. The Bertz CT molecular complexity index is 286. The van der Waals surface area contributed by atoms with Gasteiger partial charge < -0.3 is 12.4 Å². The first kappa shape index (κ1) is 13.3. The Morgan fingerprint density at radius 2 is 0.909 bits per heavy atom. The van der Waals surface area contributed by atoms with Gasteiger partial charge in [0.2, 0.25) is 0 Å². The third-order valence-corrected chi connectivity index (χ3v) is 0.681. The van der Waals surface area contributed by atoms with Crippen LogP contribution in [-0.4, -0.2) is 15.0 Å². The van der Waals surface area contributed by atoms with Crippen LogP contribution in [0.15, 0.2) is 14.4 Å². The summed E-state index contributed by atoms with van der Waals surface area (Å²) in [6.45, 7) is 0. The molecule has 0 spiro atoms. The van der Waals surface area contributed by atoms with Gasteiger partial charge in [0.05, 0.1) is 0 Å². The molecule has 0 unspecified atom stereocenters. The third-order valence-electron chi connectivity index (χ3n) is 0.681. The van der Waals surface area contributed by atoms with Gasteiger partial charge >= 0.3 is 46.6 Å². The van der Waals surface area contributed by atoms with Gasteiger partial charge in [0.1, 0.15) is 0 Å². The SMILES string of the molecule is O=c1[nH]c(=O)[nH]c(=O)[nH]1.[Cl-].[Na+]. The van der Waals surface area contributed by atoms with Gasteiger partial charge in [0, 0.05) is 0 Å². The van der Waals surface area contributed by atoms with Crippen LogP contribution in [0, 0.1) is 0 Å². The maximum absolute atomic E-state index is 10.2. The largest absolute Gasteiger partial charge is 1.00 e. The number of hydrogen-bond acceptors (Lipinski definition) is 3. The van der Waals surface area contributed by atoms with E-state index >= 15 is 0 Å². The van der Waals surface area contributed by atoms with Crippen molar-refractivity contribution in [2.24, 2.45) is 0 Å². The van der Waals surface area contributed by atoms with Crippen molar-refractivity contribution >= 4 is 0 Å². The first-order valence-electron chi connectivity index (χ1n) is 2.11. The zero-order valence-corrected chi connectivity index (χ0v) is 8.36. The number of H-pyrrole nitrogens is 3. The molecule has 0 amide bonds. The number of hydrogen-bond donors (Lipinski definition) is 3. The van der Waals surface area contributed by atoms with Crippen LogP contribution in [0.25, 0.3) is 0 Å². The smallest absolute Gasteiger partial charge is 1.00 e. The van der Waals surface area contributed by atoms with E-state index in [1.54, 1.807) is 15.0 Å². The van der Waals surface area contributed by atoms with Crippen LogP contribution in [0.2, 0.25) is 0 Å². The summed E-state index contributed by atoms with van der Waals surface area (Å²) in [6, 6.07) is 0. The monoisotopic (exact) mass is 187 g/mol. The first-order valence-corrected chi connectivity index (χ1v) is 2.11. The number of nitrogens with one attached hydrogen (secondary N) is 3. The molecular weight excluding hydrogens is 184 g/mol. The van der Waals surface area contributed by atoms with E-state index in [0.29, 0.717) is 0 Å². The molecule has 1 aromatic rings. The normalized spacial score (nSPS) is 7.64. The summed E-state index contributed by atoms with van der Waals surface area (Å²) >= 11 is 0. The molecule has 0 saturated carbocycles. The van der Waals surface area contributed by atoms with Crippen LogP contribution in [0.5, 0.6) is 0 Å². The van der Waals surface area contributed by atoms with E-state index < -0.39 is 17.1 Å². The molecule has 1 aromatic heterocycles. The average molecular weight is 188 g/mol. The van der Waals surface area contributed by atoms with Gasteiger partial charge in [-0.3, -0.25) is 15.0 Å². The van der Waals surface area contributed by atoms with Crippen molar-refractivity contribution < 1.29 is 42.0 Å². The van der Waals surface area contributed by atoms with Gasteiger partial charge in [-0.2, -0.15) is 0 Å². The number of rotatable bonds is 0. The van der Waals surface area contributed by atoms with E-state index in [0.717, 1.165) is 0 Å². The molecule has 0 fully saturated rings. The fourth-order valence-corrected chi connectivity index (χ4v) is 0.403. The second kappa shape index (κ2) is 5.36. The van der Waals surface area contributed by atoms with Crippen molar-refractivity contribution in [2.75, 3.05) is 0 Å². The summed E-state index contributed by atoms with van der Waals surface area (Å²) in [5.41, 5.74) is -2.41. The Kier molecular flexibility index (Phi) is 6.49. The Labute approximate surface area is 88.1 Å². The molecule has 0 atom stereocenters. The van der Waals surface area contributed by atoms with Gasteiger partial charge in [0.15, 0.2) is 0 Å². The predicted molar refractivity (Wildman–Crippen MR) is 28.3 cm³/mol. The summed E-state index contributed by atoms with van der Waals surface area (Å²) in [4.78, 5) is 35.9. The minimum absolute atomic E-state index is 0. The molecule has 11 heavy (non-hydrogen) atoms. The molecule has 0 aliphatic heterocycles. The molecule has 6 nitrogen and oxygen atoms in total. The average Bonchev–Trinajstić information content (AvgIpc) is 1.59. The van der Waals surface area contributed by atoms with Crippen molar-refractivity contribution in [1.82, 2.24) is 15.0 Å². The van der Waals surface area contributed by atoms with Crippen molar-refractivity contribution in [3.63, 3.8) is 0 Å². The topological polar surface area (TPSA) is 98.6 Å². The summed E-state index contributed by atoms with van der Waals surface area (Å²) in [5.74, 6) is 0. The van der Waals surface area contributed by atoms with Crippen LogP contribution in [0.1, 0.15) is 0 Å². The first-order chi connectivity index (χ1) is 4.18. The van der Waals surface area contributed by atoms with E-state index in [-0.39, 0.29) is 42.0 Å². The molecule has 0 aromatic carbocycles. The van der Waals surface area contributed by atoms with Gasteiger partial charge in [-0.15, -0.1) is 0 Å². The summed E-state index contributed by atoms with van der Waals surface area (Å²) < 4.78 is 0. The van der Waals surface area contributed by atoms with Crippen molar-refractivity contribution in [1.29, 1.82) is 0 Å². The van der Waals surface area contributed by atoms with Crippen LogP contribution in [0.3, 0.4) is 0 Å². The molecule has 0 aliphatic rings. The van der Waals surface area contributed by atoms with Gasteiger partial charge in [-0.25, -0.2) is 14.4 Å². The van der Waals surface area contributed by atoms with Crippen LogP contribution >= 0.6 is 0 Å². The second-order valence-corrected chi connectivity index (χ2v) is 1.36. The number of halogens is 1. The summed E-state index contributed by atoms with van der Waals surface area (Å²) in [6.07, 6.45) is 0. The molecule has 8 heteroatoms. The zero-order chi connectivity index (χ0) is 6.85. The Morgan fingerprint density at radius 1 is 0.727 bits per heavy atom. The maximum atomic E-state index is 10.2. The molecule has 1 rings (SSSR count). The van der Waals surface area contributed by atoms with Crippen LogP contribution in [-0.2, 0) is 0 Å². The van der Waals surface area contributed by atoms with Gasteiger partial charge in [-0.05, 0) is 0 Å². The Hall–Kier alpha value is -0.300. The fourth-order valence-electron chi connectivity index (χ4n) is 0.403. The van der Waals surface area contributed by atoms with Crippen molar-refractivity contribution in [3.8, 4) is 0 Å². The molecule has 3 N–H and O–H groups in total. The standard InChI is InChI=1S/C3H3N3O3.ClH.Na/c7-1-4-2(8)6-3(9)5-1;;/h(H3,4,5,6,7,8,9);1H;/q;;+1/p-1. The van der Waals surface area contributed by atoms with E-state index in [4.69, 9.17) is 0 Å². The Balaban J connectivity index is 0. The number of aromatic nitrogens is 3. The number of aromatic amines is 3. The van der Waals surface area contributed by atoms with Crippen molar-refractivity contribution in [2.45, 2.75) is 0 Å². The Morgan fingerprint density at radius 3 is 1.09 bits per heavy atom. The maximum Gasteiger partial charge on any atom is 1.00 e.